The van der Waals surface area contributed by atoms with Gasteiger partial charge in [-0.15, -0.1) is 0 Å². The zero-order valence-corrected chi connectivity index (χ0v) is 11.8. The van der Waals surface area contributed by atoms with Crippen LogP contribution in [0.3, 0.4) is 0 Å². The normalized spacial score (nSPS) is 33.2. The molecule has 3 unspecified atom stereocenters. The van der Waals surface area contributed by atoms with Gasteiger partial charge in [0.15, 0.2) is 0 Å². The molecule has 2 aliphatic rings. The number of hydrogen-bond acceptors (Lipinski definition) is 4. The van der Waals surface area contributed by atoms with Gasteiger partial charge in [-0.2, -0.15) is 4.91 Å². The smallest absolute Gasteiger partial charge is 0.125 e. The third-order valence-corrected chi connectivity index (χ3v) is 5.13. The van der Waals surface area contributed by atoms with E-state index in [1.165, 1.54) is 12.8 Å². The Kier molecular flexibility index (Phi) is 3.64. The molecule has 1 aromatic carbocycles. The third kappa shape index (κ3) is 2.28. The van der Waals surface area contributed by atoms with Crippen LogP contribution in [-0.2, 0) is 0 Å². The number of anilines is 2. The van der Waals surface area contributed by atoms with Crippen molar-refractivity contribution in [1.29, 1.82) is 0 Å². The molecular weight excluding hydrogens is 250 g/mol. The van der Waals surface area contributed by atoms with Crippen LogP contribution in [0.15, 0.2) is 29.4 Å². The van der Waals surface area contributed by atoms with Crippen LogP contribution in [0.1, 0.15) is 44.9 Å². The maximum absolute atomic E-state index is 11.7. The molecule has 3 N–H and O–H groups in total. The number of hydrogen-bond donors (Lipinski definition) is 2. The van der Waals surface area contributed by atoms with E-state index in [1.54, 1.807) is 0 Å². The van der Waals surface area contributed by atoms with Crippen molar-refractivity contribution in [2.24, 2.45) is 11.1 Å². The summed E-state index contributed by atoms with van der Waals surface area (Å²) in [7, 11) is 0. The second kappa shape index (κ2) is 5.43. The molecule has 3 rings (SSSR count). The predicted octanol–water partition coefficient (Wildman–Crippen LogP) is 3.93. The molecule has 2 saturated carbocycles. The minimum Gasteiger partial charge on any atom is -0.399 e. The lowest BCUT2D eigenvalue weighted by molar-refractivity contribution is 0.117. The number of rotatable bonds is 3. The van der Waals surface area contributed by atoms with Crippen molar-refractivity contribution in [2.45, 2.75) is 56.5 Å². The highest BCUT2D eigenvalue weighted by Crippen LogP contribution is 2.47. The number of nitrogens with zero attached hydrogens (tertiary/aromatic N) is 1. The summed E-state index contributed by atoms with van der Waals surface area (Å²) in [6, 6.07) is 7.93. The molecule has 0 amide bonds. The monoisotopic (exact) mass is 273 g/mol. The van der Waals surface area contributed by atoms with Crippen LogP contribution >= 0.6 is 0 Å². The lowest BCUT2D eigenvalue weighted by atomic mass is 9.63. The van der Waals surface area contributed by atoms with E-state index in [-0.39, 0.29) is 6.04 Å². The number of nitroso groups, excluding NO2 is 1. The standard InChI is InChI=1S/C16H23N3O/c17-13-7-4-8-14(11-13)18-15-9-3-6-12-5-1-2-10-16(12,15)19-20/h4,7-8,11-12,15,18H,1-3,5-6,9-10,17H2. The highest BCUT2D eigenvalue weighted by molar-refractivity contribution is 5.55. The second-order valence-corrected chi connectivity index (χ2v) is 6.28. The molecular formula is C16H23N3O. The molecule has 0 spiro atoms. The SMILES string of the molecule is Nc1cccc(NC2CCCC3CCCCC32N=O)c1. The van der Waals surface area contributed by atoms with Crippen molar-refractivity contribution in [2.75, 3.05) is 11.1 Å². The fourth-order valence-electron chi connectivity index (χ4n) is 4.13. The quantitative estimate of drug-likeness (QED) is 0.647. The molecule has 0 radical (unpaired) electrons. The number of benzene rings is 1. The van der Waals surface area contributed by atoms with Gasteiger partial charge in [-0.25, -0.2) is 0 Å². The van der Waals surface area contributed by atoms with Gasteiger partial charge >= 0.3 is 0 Å². The van der Waals surface area contributed by atoms with Gasteiger partial charge in [0.25, 0.3) is 0 Å². The van der Waals surface area contributed by atoms with E-state index in [0.717, 1.165) is 43.5 Å². The summed E-state index contributed by atoms with van der Waals surface area (Å²) in [4.78, 5) is 11.7. The van der Waals surface area contributed by atoms with Crippen LogP contribution in [0.2, 0.25) is 0 Å². The van der Waals surface area contributed by atoms with Gasteiger partial charge in [0.1, 0.15) is 5.54 Å². The molecule has 2 fully saturated rings. The van der Waals surface area contributed by atoms with Crippen LogP contribution in [0.25, 0.3) is 0 Å². The van der Waals surface area contributed by atoms with Crippen molar-refractivity contribution in [1.82, 2.24) is 0 Å². The number of fused-ring (bicyclic) bond motifs is 1. The van der Waals surface area contributed by atoms with Crippen LogP contribution < -0.4 is 11.1 Å². The van der Waals surface area contributed by atoms with Crippen molar-refractivity contribution in [3.8, 4) is 0 Å². The maximum atomic E-state index is 11.7. The van der Waals surface area contributed by atoms with Crippen molar-refractivity contribution >= 4 is 11.4 Å². The van der Waals surface area contributed by atoms with Gasteiger partial charge in [0, 0.05) is 11.4 Å². The lowest BCUT2D eigenvalue weighted by Gasteiger charge is -2.47. The van der Waals surface area contributed by atoms with E-state index in [1.807, 2.05) is 24.3 Å². The lowest BCUT2D eigenvalue weighted by Crippen LogP contribution is -2.54. The summed E-state index contributed by atoms with van der Waals surface area (Å²) in [5, 5.41) is 7.20. The second-order valence-electron chi connectivity index (χ2n) is 6.28. The van der Waals surface area contributed by atoms with E-state index in [9.17, 15) is 4.91 Å². The highest BCUT2D eigenvalue weighted by Gasteiger charge is 2.50. The Bertz CT molecular complexity index is 488. The Balaban J connectivity index is 1.84. The fourth-order valence-corrected chi connectivity index (χ4v) is 4.13. The Hall–Kier alpha value is -1.58. The zero-order valence-electron chi connectivity index (χ0n) is 11.8. The molecule has 0 bridgehead atoms. The predicted molar refractivity (Wildman–Crippen MR) is 82.6 cm³/mol. The Morgan fingerprint density at radius 2 is 2.05 bits per heavy atom. The molecule has 4 nitrogen and oxygen atoms in total. The van der Waals surface area contributed by atoms with Crippen LogP contribution in [0.5, 0.6) is 0 Å². The first-order valence-corrected chi connectivity index (χ1v) is 7.71. The molecule has 1 aromatic rings. The largest absolute Gasteiger partial charge is 0.399 e. The van der Waals surface area contributed by atoms with E-state index < -0.39 is 5.54 Å². The van der Waals surface area contributed by atoms with Crippen LogP contribution in [0, 0.1) is 10.8 Å². The summed E-state index contributed by atoms with van der Waals surface area (Å²) >= 11 is 0. The summed E-state index contributed by atoms with van der Waals surface area (Å²) in [5.41, 5.74) is 7.19. The van der Waals surface area contributed by atoms with Gasteiger partial charge in [0.2, 0.25) is 0 Å². The number of nitrogen functional groups attached to an aromatic ring is 1. The molecule has 2 aliphatic carbocycles. The average molecular weight is 273 g/mol. The first-order valence-electron chi connectivity index (χ1n) is 7.71. The summed E-state index contributed by atoms with van der Waals surface area (Å²) < 4.78 is 0. The number of nitrogens with one attached hydrogen (secondary N) is 1. The molecule has 108 valence electrons. The Morgan fingerprint density at radius 3 is 2.85 bits per heavy atom. The molecule has 0 heterocycles. The fraction of sp³-hybridized carbons (Fsp3) is 0.625. The van der Waals surface area contributed by atoms with E-state index in [4.69, 9.17) is 5.73 Å². The minimum atomic E-state index is -0.402. The van der Waals surface area contributed by atoms with Crippen molar-refractivity contribution in [3.05, 3.63) is 29.2 Å². The molecule has 0 aliphatic heterocycles. The summed E-state index contributed by atoms with van der Waals surface area (Å²) in [5.74, 6) is 0.459. The maximum Gasteiger partial charge on any atom is 0.125 e. The Labute approximate surface area is 120 Å². The summed E-state index contributed by atoms with van der Waals surface area (Å²) in [6.07, 6.45) is 7.81. The third-order valence-electron chi connectivity index (χ3n) is 5.13. The minimum absolute atomic E-state index is 0.154. The van der Waals surface area contributed by atoms with Gasteiger partial charge < -0.3 is 11.1 Å². The van der Waals surface area contributed by atoms with Gasteiger partial charge in [0.05, 0.1) is 6.04 Å². The zero-order chi connectivity index (χ0) is 14.0. The molecule has 0 saturated heterocycles. The van der Waals surface area contributed by atoms with Crippen molar-refractivity contribution in [3.63, 3.8) is 0 Å². The molecule has 0 aromatic heterocycles. The van der Waals surface area contributed by atoms with Crippen LogP contribution in [0.4, 0.5) is 11.4 Å². The topological polar surface area (TPSA) is 67.5 Å². The van der Waals surface area contributed by atoms with Crippen LogP contribution in [-0.4, -0.2) is 11.6 Å². The Morgan fingerprint density at radius 1 is 1.20 bits per heavy atom. The summed E-state index contributed by atoms with van der Waals surface area (Å²) in [6.45, 7) is 0. The average Bonchev–Trinajstić information content (AvgIpc) is 2.47. The van der Waals surface area contributed by atoms with E-state index in [0.29, 0.717) is 5.92 Å². The number of nitrogens with two attached hydrogens (primary N) is 1. The first kappa shape index (κ1) is 13.4. The highest BCUT2D eigenvalue weighted by atomic mass is 16.3. The van der Waals surface area contributed by atoms with Gasteiger partial charge in [-0.1, -0.05) is 30.5 Å². The molecule has 20 heavy (non-hydrogen) atoms. The molecule has 4 heteroatoms. The molecule has 3 atom stereocenters. The van der Waals surface area contributed by atoms with Crippen molar-refractivity contribution < 1.29 is 0 Å². The van der Waals surface area contributed by atoms with Gasteiger partial charge in [-0.3, -0.25) is 0 Å². The van der Waals surface area contributed by atoms with E-state index >= 15 is 0 Å². The first-order chi connectivity index (χ1) is 9.74. The van der Waals surface area contributed by atoms with E-state index in [2.05, 4.69) is 10.5 Å². The van der Waals surface area contributed by atoms with Gasteiger partial charge in [-0.05, 0) is 49.8 Å².